The second-order valence-electron chi connectivity index (χ2n) is 7.26. The van der Waals surface area contributed by atoms with Gasteiger partial charge >= 0.3 is 12.1 Å². The van der Waals surface area contributed by atoms with Crippen LogP contribution in [0.5, 0.6) is 0 Å². The highest BCUT2D eigenvalue weighted by molar-refractivity contribution is 5.83. The number of amides is 1. The molecule has 0 N–H and O–H groups in total. The van der Waals surface area contributed by atoms with Gasteiger partial charge in [0.25, 0.3) is 0 Å². The van der Waals surface area contributed by atoms with Crippen molar-refractivity contribution in [1.29, 1.82) is 0 Å². The normalized spacial score (nSPS) is 17.3. The van der Waals surface area contributed by atoms with E-state index in [1.807, 2.05) is 39.8 Å². The molecule has 1 saturated heterocycles. The van der Waals surface area contributed by atoms with Crippen LogP contribution in [0.2, 0.25) is 0 Å². The maximum atomic E-state index is 12.5. The number of carbonyl (C=O) groups is 2. The molecule has 1 aliphatic rings. The molecule has 2 rings (SSSR count). The van der Waals surface area contributed by atoms with E-state index in [2.05, 4.69) is 4.98 Å². The maximum Gasteiger partial charge on any atom is 0.410 e. The average molecular weight is 334 g/mol. The number of hydrogen-bond donors (Lipinski definition) is 0. The Kier molecular flexibility index (Phi) is 5.16. The van der Waals surface area contributed by atoms with Crippen molar-refractivity contribution in [3.63, 3.8) is 0 Å². The first-order valence-corrected chi connectivity index (χ1v) is 8.17. The maximum absolute atomic E-state index is 12.5. The lowest BCUT2D eigenvalue weighted by molar-refractivity contribution is -0.150. The van der Waals surface area contributed by atoms with Crippen LogP contribution in [-0.2, 0) is 19.7 Å². The number of aromatic nitrogens is 1. The number of aryl methyl sites for hydroxylation is 1. The van der Waals surface area contributed by atoms with Crippen molar-refractivity contribution in [3.05, 3.63) is 29.6 Å². The number of esters is 1. The Morgan fingerprint density at radius 1 is 1.21 bits per heavy atom. The molecular weight excluding hydrogens is 308 g/mol. The van der Waals surface area contributed by atoms with Gasteiger partial charge in [0.05, 0.1) is 12.8 Å². The summed E-state index contributed by atoms with van der Waals surface area (Å²) in [4.78, 5) is 30.8. The van der Waals surface area contributed by atoms with Gasteiger partial charge in [0.1, 0.15) is 11.0 Å². The summed E-state index contributed by atoms with van der Waals surface area (Å²) < 4.78 is 10.4. The highest BCUT2D eigenvalue weighted by atomic mass is 16.6. The average Bonchev–Trinajstić information content (AvgIpc) is 2.53. The highest BCUT2D eigenvalue weighted by Crippen LogP contribution is 2.36. The molecule has 0 atom stereocenters. The van der Waals surface area contributed by atoms with Crippen LogP contribution in [0.3, 0.4) is 0 Å². The molecule has 2 heterocycles. The third-order valence-electron chi connectivity index (χ3n) is 4.25. The molecule has 24 heavy (non-hydrogen) atoms. The van der Waals surface area contributed by atoms with Crippen molar-refractivity contribution in [2.45, 2.75) is 51.6 Å². The van der Waals surface area contributed by atoms with Crippen LogP contribution in [-0.4, -0.2) is 47.7 Å². The lowest BCUT2D eigenvalue weighted by Crippen LogP contribution is -2.50. The van der Waals surface area contributed by atoms with Crippen LogP contribution < -0.4 is 0 Å². The summed E-state index contributed by atoms with van der Waals surface area (Å²) in [6.45, 7) is 8.32. The van der Waals surface area contributed by atoms with Gasteiger partial charge in [-0.2, -0.15) is 0 Å². The third kappa shape index (κ3) is 3.86. The monoisotopic (exact) mass is 334 g/mol. The number of piperidine rings is 1. The molecule has 1 aromatic heterocycles. The summed E-state index contributed by atoms with van der Waals surface area (Å²) in [5, 5.41) is 0. The van der Waals surface area contributed by atoms with Gasteiger partial charge in [-0.15, -0.1) is 0 Å². The van der Waals surface area contributed by atoms with E-state index >= 15 is 0 Å². The van der Waals surface area contributed by atoms with Gasteiger partial charge in [0.15, 0.2) is 0 Å². The molecule has 0 aliphatic carbocycles. The fourth-order valence-corrected chi connectivity index (χ4v) is 2.91. The van der Waals surface area contributed by atoms with E-state index in [4.69, 9.17) is 9.47 Å². The highest BCUT2D eigenvalue weighted by Gasteiger charge is 2.46. The summed E-state index contributed by atoms with van der Waals surface area (Å²) in [5.74, 6) is -0.303. The molecule has 1 aromatic rings. The quantitative estimate of drug-likeness (QED) is 0.778. The fourth-order valence-electron chi connectivity index (χ4n) is 2.91. The van der Waals surface area contributed by atoms with E-state index < -0.39 is 11.0 Å². The van der Waals surface area contributed by atoms with E-state index in [1.54, 1.807) is 11.1 Å². The van der Waals surface area contributed by atoms with Crippen molar-refractivity contribution in [3.8, 4) is 0 Å². The first kappa shape index (κ1) is 18.2. The summed E-state index contributed by atoms with van der Waals surface area (Å²) >= 11 is 0. The number of hydrogen-bond acceptors (Lipinski definition) is 5. The van der Waals surface area contributed by atoms with E-state index in [0.717, 1.165) is 5.56 Å². The van der Waals surface area contributed by atoms with Crippen molar-refractivity contribution in [2.75, 3.05) is 20.2 Å². The minimum atomic E-state index is -0.805. The zero-order valence-electron chi connectivity index (χ0n) is 15.1. The van der Waals surface area contributed by atoms with Crippen LogP contribution in [0, 0.1) is 6.92 Å². The Labute approximate surface area is 143 Å². The first-order chi connectivity index (χ1) is 11.2. The van der Waals surface area contributed by atoms with Gasteiger partial charge in [0, 0.05) is 19.3 Å². The Balaban J connectivity index is 2.18. The molecule has 0 bridgehead atoms. The van der Waals surface area contributed by atoms with Crippen LogP contribution in [0.4, 0.5) is 4.79 Å². The number of likely N-dealkylation sites (tertiary alicyclic amines) is 1. The predicted octanol–water partition coefficient (Wildman–Crippen LogP) is 2.83. The third-order valence-corrected chi connectivity index (χ3v) is 4.25. The number of pyridine rings is 1. The van der Waals surface area contributed by atoms with Gasteiger partial charge in [0.2, 0.25) is 0 Å². The number of carbonyl (C=O) groups excluding carboxylic acids is 2. The molecule has 1 fully saturated rings. The summed E-state index contributed by atoms with van der Waals surface area (Å²) in [6, 6.07) is 3.81. The number of nitrogens with zero attached hydrogens (tertiary/aromatic N) is 2. The number of methoxy groups -OCH3 is 1. The SMILES string of the molecule is COC(=O)C1(c2ccc(C)cn2)CCN(C(=O)OC(C)(C)C)CC1. The van der Waals surface area contributed by atoms with E-state index in [-0.39, 0.29) is 12.1 Å². The Morgan fingerprint density at radius 3 is 2.29 bits per heavy atom. The molecular formula is C18H26N2O4. The molecule has 0 aromatic carbocycles. The van der Waals surface area contributed by atoms with Crippen LogP contribution in [0.25, 0.3) is 0 Å². The van der Waals surface area contributed by atoms with E-state index in [1.165, 1.54) is 7.11 Å². The zero-order chi connectivity index (χ0) is 18.0. The minimum Gasteiger partial charge on any atom is -0.468 e. The Bertz CT molecular complexity index is 596. The van der Waals surface area contributed by atoms with E-state index in [0.29, 0.717) is 31.6 Å². The smallest absolute Gasteiger partial charge is 0.410 e. The standard InChI is InChI=1S/C18H26N2O4/c1-13-6-7-14(19-12-13)18(15(21)23-5)8-10-20(11-9-18)16(22)24-17(2,3)4/h6-7,12H,8-11H2,1-5H3. The first-order valence-electron chi connectivity index (χ1n) is 8.17. The predicted molar refractivity (Wildman–Crippen MR) is 89.7 cm³/mol. The molecule has 6 heteroatoms. The molecule has 0 radical (unpaired) electrons. The van der Waals surface area contributed by atoms with Gasteiger partial charge in [-0.25, -0.2) is 4.79 Å². The topological polar surface area (TPSA) is 68.7 Å². The van der Waals surface area contributed by atoms with Crippen LogP contribution in [0.1, 0.15) is 44.9 Å². The second-order valence-corrected chi connectivity index (χ2v) is 7.26. The van der Waals surface area contributed by atoms with Gasteiger partial charge in [-0.05, 0) is 52.2 Å². The van der Waals surface area contributed by atoms with Crippen molar-refractivity contribution >= 4 is 12.1 Å². The lowest BCUT2D eigenvalue weighted by Gasteiger charge is -2.39. The minimum absolute atomic E-state index is 0.303. The zero-order valence-corrected chi connectivity index (χ0v) is 15.1. The van der Waals surface area contributed by atoms with Crippen molar-refractivity contribution in [1.82, 2.24) is 9.88 Å². The van der Waals surface area contributed by atoms with Gasteiger partial charge in [-0.1, -0.05) is 6.07 Å². The fraction of sp³-hybridized carbons (Fsp3) is 0.611. The van der Waals surface area contributed by atoms with Gasteiger partial charge in [-0.3, -0.25) is 9.78 Å². The molecule has 0 saturated carbocycles. The lowest BCUT2D eigenvalue weighted by atomic mass is 9.75. The number of ether oxygens (including phenoxy) is 2. The van der Waals surface area contributed by atoms with Crippen LogP contribution >= 0.6 is 0 Å². The van der Waals surface area contributed by atoms with Crippen LogP contribution in [0.15, 0.2) is 18.3 Å². The van der Waals surface area contributed by atoms with Gasteiger partial charge < -0.3 is 14.4 Å². The second kappa shape index (κ2) is 6.79. The number of rotatable bonds is 2. The molecule has 0 unspecified atom stereocenters. The van der Waals surface area contributed by atoms with Crippen molar-refractivity contribution < 1.29 is 19.1 Å². The summed E-state index contributed by atoms with van der Waals surface area (Å²) in [5.41, 5.74) is 0.390. The molecule has 1 amide bonds. The summed E-state index contributed by atoms with van der Waals surface area (Å²) in [7, 11) is 1.39. The molecule has 1 aliphatic heterocycles. The largest absolute Gasteiger partial charge is 0.468 e. The Hall–Kier alpha value is -2.11. The molecule has 6 nitrogen and oxygen atoms in total. The van der Waals surface area contributed by atoms with Crippen molar-refractivity contribution in [2.24, 2.45) is 0 Å². The summed E-state index contributed by atoms with van der Waals surface area (Å²) in [6.07, 6.45) is 2.34. The Morgan fingerprint density at radius 2 is 1.83 bits per heavy atom. The molecule has 132 valence electrons. The molecule has 0 spiro atoms. The van der Waals surface area contributed by atoms with E-state index in [9.17, 15) is 9.59 Å².